The first-order chi connectivity index (χ1) is 7.61. The second-order valence-corrected chi connectivity index (χ2v) is 3.83. The van der Waals surface area contributed by atoms with Crippen molar-refractivity contribution in [2.75, 3.05) is 12.8 Å². The minimum Gasteiger partial charge on any atom is -0.398 e. The van der Waals surface area contributed by atoms with Crippen LogP contribution in [0.25, 0.3) is 10.9 Å². The van der Waals surface area contributed by atoms with Crippen LogP contribution in [0.1, 0.15) is 5.69 Å². The first kappa shape index (κ1) is 11.1. The summed E-state index contributed by atoms with van der Waals surface area (Å²) < 4.78 is 18.1. The fourth-order valence-corrected chi connectivity index (χ4v) is 1.80. The zero-order chi connectivity index (χ0) is 11.7. The van der Waals surface area contributed by atoms with E-state index in [1.165, 1.54) is 12.1 Å². The quantitative estimate of drug-likeness (QED) is 0.878. The maximum absolute atomic E-state index is 13.1. The van der Waals surface area contributed by atoms with Crippen LogP contribution in [0, 0.1) is 5.82 Å². The van der Waals surface area contributed by atoms with Gasteiger partial charge in [0.15, 0.2) is 0 Å². The molecule has 0 unspecified atom stereocenters. The zero-order valence-corrected chi connectivity index (χ0v) is 9.38. The van der Waals surface area contributed by atoms with E-state index in [1.54, 1.807) is 13.2 Å². The molecule has 84 valence electrons. The van der Waals surface area contributed by atoms with E-state index in [1.807, 2.05) is 0 Å². The number of ether oxygens (including phenoxy) is 1. The molecule has 1 heterocycles. The average Bonchev–Trinajstić information content (AvgIpc) is 2.20. The van der Waals surface area contributed by atoms with Crippen LogP contribution in [0.2, 0.25) is 5.02 Å². The Kier molecular flexibility index (Phi) is 2.94. The molecule has 0 amide bonds. The summed E-state index contributed by atoms with van der Waals surface area (Å²) in [5, 5.41) is 0.768. The van der Waals surface area contributed by atoms with Crippen LogP contribution in [-0.4, -0.2) is 12.1 Å². The first-order valence-corrected chi connectivity index (χ1v) is 5.02. The number of halogens is 2. The second-order valence-electron chi connectivity index (χ2n) is 3.42. The summed E-state index contributed by atoms with van der Waals surface area (Å²) in [5.41, 5.74) is 7.41. The number of rotatable bonds is 2. The van der Waals surface area contributed by atoms with Crippen molar-refractivity contribution in [2.24, 2.45) is 0 Å². The standard InChI is InChI=1S/C11H10ClFN2O/c1-16-5-7-4-10(14)8-2-6(13)3-9(12)11(8)15-7/h2-4H,5H2,1H3,(H2,14,15). The number of hydrogen-bond donors (Lipinski definition) is 1. The number of benzene rings is 1. The highest BCUT2D eigenvalue weighted by Gasteiger charge is 2.08. The molecule has 0 bridgehead atoms. The third-order valence-corrected chi connectivity index (χ3v) is 2.50. The fraction of sp³-hybridized carbons (Fsp3) is 0.182. The Morgan fingerprint density at radius 3 is 2.88 bits per heavy atom. The Morgan fingerprint density at radius 1 is 1.44 bits per heavy atom. The number of nitrogen functional groups attached to an aromatic ring is 1. The number of anilines is 1. The van der Waals surface area contributed by atoms with Gasteiger partial charge < -0.3 is 10.5 Å². The molecule has 0 spiro atoms. The molecule has 0 aliphatic carbocycles. The number of aromatic nitrogens is 1. The molecule has 0 fully saturated rings. The van der Waals surface area contributed by atoms with E-state index in [9.17, 15) is 4.39 Å². The minimum atomic E-state index is -0.425. The highest BCUT2D eigenvalue weighted by atomic mass is 35.5. The van der Waals surface area contributed by atoms with Gasteiger partial charge in [-0.3, -0.25) is 0 Å². The van der Waals surface area contributed by atoms with Crippen LogP contribution in [0.15, 0.2) is 18.2 Å². The summed E-state index contributed by atoms with van der Waals surface area (Å²) in [5.74, 6) is -0.425. The number of pyridine rings is 1. The maximum atomic E-state index is 13.1. The predicted octanol–water partition coefficient (Wildman–Crippen LogP) is 2.76. The molecule has 0 aliphatic rings. The van der Waals surface area contributed by atoms with Gasteiger partial charge in [-0.25, -0.2) is 9.37 Å². The highest BCUT2D eigenvalue weighted by Crippen LogP contribution is 2.28. The monoisotopic (exact) mass is 240 g/mol. The maximum Gasteiger partial charge on any atom is 0.125 e. The first-order valence-electron chi connectivity index (χ1n) is 4.65. The molecule has 0 saturated heterocycles. The summed E-state index contributed by atoms with van der Waals surface area (Å²) in [7, 11) is 1.56. The number of nitrogens with two attached hydrogens (primary N) is 1. The van der Waals surface area contributed by atoms with Gasteiger partial charge in [-0.2, -0.15) is 0 Å². The van der Waals surface area contributed by atoms with Crippen LogP contribution in [0.5, 0.6) is 0 Å². The highest BCUT2D eigenvalue weighted by molar-refractivity contribution is 6.35. The molecular weight excluding hydrogens is 231 g/mol. The van der Waals surface area contributed by atoms with Crippen LogP contribution in [0.4, 0.5) is 10.1 Å². The molecule has 5 heteroatoms. The molecular formula is C11H10ClFN2O. The van der Waals surface area contributed by atoms with Crippen LogP contribution >= 0.6 is 11.6 Å². The number of methoxy groups -OCH3 is 1. The predicted molar refractivity (Wildman–Crippen MR) is 61.8 cm³/mol. The Hall–Kier alpha value is -1.39. The molecule has 3 nitrogen and oxygen atoms in total. The Labute approximate surface area is 97.0 Å². The molecule has 0 saturated carbocycles. The normalized spacial score (nSPS) is 10.9. The van der Waals surface area contributed by atoms with E-state index in [0.717, 1.165) is 0 Å². The Bertz CT molecular complexity index is 545. The van der Waals surface area contributed by atoms with E-state index in [4.69, 9.17) is 22.1 Å². The summed E-state index contributed by atoms with van der Waals surface area (Å²) in [6.45, 7) is 0.341. The topological polar surface area (TPSA) is 48.1 Å². The summed E-state index contributed by atoms with van der Waals surface area (Å²) in [6, 6.07) is 4.19. The summed E-state index contributed by atoms with van der Waals surface area (Å²) in [6.07, 6.45) is 0. The van der Waals surface area contributed by atoms with Gasteiger partial charge in [-0.05, 0) is 18.2 Å². The van der Waals surface area contributed by atoms with Crippen molar-refractivity contribution in [2.45, 2.75) is 6.61 Å². The van der Waals surface area contributed by atoms with Gasteiger partial charge in [0.05, 0.1) is 22.8 Å². The smallest absolute Gasteiger partial charge is 0.125 e. The largest absolute Gasteiger partial charge is 0.398 e. The van der Waals surface area contributed by atoms with E-state index < -0.39 is 5.82 Å². The lowest BCUT2D eigenvalue weighted by Gasteiger charge is -2.07. The Morgan fingerprint density at radius 2 is 2.19 bits per heavy atom. The van der Waals surface area contributed by atoms with E-state index >= 15 is 0 Å². The van der Waals surface area contributed by atoms with E-state index in [-0.39, 0.29) is 5.02 Å². The third kappa shape index (κ3) is 1.94. The summed E-state index contributed by atoms with van der Waals surface area (Å²) >= 11 is 5.91. The third-order valence-electron chi connectivity index (χ3n) is 2.21. The van der Waals surface area contributed by atoms with Crippen molar-refractivity contribution in [3.05, 3.63) is 34.7 Å². The average molecular weight is 241 g/mol. The van der Waals surface area contributed by atoms with E-state index in [2.05, 4.69) is 4.98 Å². The molecule has 1 aromatic heterocycles. The van der Waals surface area contributed by atoms with Crippen LogP contribution < -0.4 is 5.73 Å². The van der Waals surface area contributed by atoms with Gasteiger partial charge in [-0.15, -0.1) is 0 Å². The van der Waals surface area contributed by atoms with Gasteiger partial charge in [0.25, 0.3) is 0 Å². The molecule has 0 atom stereocenters. The van der Waals surface area contributed by atoms with Crippen molar-refractivity contribution in [3.63, 3.8) is 0 Å². The van der Waals surface area contributed by atoms with Gasteiger partial charge >= 0.3 is 0 Å². The van der Waals surface area contributed by atoms with Crippen LogP contribution in [0.3, 0.4) is 0 Å². The summed E-state index contributed by atoms with van der Waals surface area (Å²) in [4.78, 5) is 4.26. The molecule has 2 aromatic rings. The molecule has 16 heavy (non-hydrogen) atoms. The number of fused-ring (bicyclic) bond motifs is 1. The van der Waals surface area contributed by atoms with Crippen molar-refractivity contribution >= 4 is 28.2 Å². The van der Waals surface area contributed by atoms with Gasteiger partial charge in [0.2, 0.25) is 0 Å². The lowest BCUT2D eigenvalue weighted by molar-refractivity contribution is 0.182. The number of hydrogen-bond acceptors (Lipinski definition) is 3. The molecule has 2 N–H and O–H groups in total. The van der Waals surface area contributed by atoms with Gasteiger partial charge in [0.1, 0.15) is 5.82 Å². The van der Waals surface area contributed by atoms with Gasteiger partial charge in [0, 0.05) is 18.2 Å². The number of nitrogens with zero attached hydrogens (tertiary/aromatic N) is 1. The van der Waals surface area contributed by atoms with Crippen molar-refractivity contribution in [3.8, 4) is 0 Å². The fourth-order valence-electron chi connectivity index (χ4n) is 1.55. The van der Waals surface area contributed by atoms with E-state index in [0.29, 0.717) is 28.9 Å². The molecule has 0 aliphatic heterocycles. The minimum absolute atomic E-state index is 0.250. The van der Waals surface area contributed by atoms with Gasteiger partial charge in [-0.1, -0.05) is 11.6 Å². The van der Waals surface area contributed by atoms with Crippen molar-refractivity contribution < 1.29 is 9.13 Å². The second kappa shape index (κ2) is 4.23. The zero-order valence-electron chi connectivity index (χ0n) is 8.63. The SMILES string of the molecule is COCc1cc(N)c2cc(F)cc(Cl)c2n1. The van der Waals surface area contributed by atoms with Crippen molar-refractivity contribution in [1.82, 2.24) is 4.98 Å². The Balaban J connectivity index is 2.71. The molecule has 1 aromatic carbocycles. The lowest BCUT2D eigenvalue weighted by Crippen LogP contribution is -1.98. The molecule has 0 radical (unpaired) electrons. The van der Waals surface area contributed by atoms with Crippen LogP contribution in [-0.2, 0) is 11.3 Å². The molecule has 2 rings (SSSR count). The lowest BCUT2D eigenvalue weighted by atomic mass is 10.1. The van der Waals surface area contributed by atoms with Crippen molar-refractivity contribution in [1.29, 1.82) is 0 Å².